The molecule has 2 heterocycles. The second-order valence-corrected chi connectivity index (χ2v) is 8.44. The summed E-state index contributed by atoms with van der Waals surface area (Å²) in [6.45, 7) is 0.253. The predicted octanol–water partition coefficient (Wildman–Crippen LogP) is 0.515. The van der Waals surface area contributed by atoms with Crippen LogP contribution in [0.25, 0.3) is 0 Å². The van der Waals surface area contributed by atoms with E-state index in [1.165, 1.54) is 24.3 Å². The number of nitrogens with zero attached hydrogens (tertiary/aromatic N) is 2. The summed E-state index contributed by atoms with van der Waals surface area (Å²) in [6.07, 6.45) is 0.664. The molecule has 1 aliphatic rings. The van der Waals surface area contributed by atoms with Crippen molar-refractivity contribution in [3.05, 3.63) is 59.4 Å². The minimum atomic E-state index is -3.83. The third-order valence-corrected chi connectivity index (χ3v) is 6.32. The molecule has 3 rings (SSSR count). The number of pyridine rings is 1. The Balaban J connectivity index is 1.55. The van der Waals surface area contributed by atoms with Crippen LogP contribution in [-0.2, 0) is 30.9 Å². The Labute approximate surface area is 173 Å². The molecule has 1 aromatic carbocycles. The van der Waals surface area contributed by atoms with Gasteiger partial charge in [-0.15, -0.1) is 0 Å². The third-order valence-electron chi connectivity index (χ3n) is 4.16. The van der Waals surface area contributed by atoms with Crippen molar-refractivity contribution >= 4 is 33.4 Å². The molecule has 0 radical (unpaired) electrons. The number of nitrogens with one attached hydrogen (secondary N) is 2. The zero-order valence-electron chi connectivity index (χ0n) is 15.2. The van der Waals surface area contributed by atoms with E-state index in [-0.39, 0.29) is 31.1 Å². The molecular formula is C18H19ClN4O5S. The summed E-state index contributed by atoms with van der Waals surface area (Å²) >= 11 is 5.81. The highest BCUT2D eigenvalue weighted by Crippen LogP contribution is 2.23. The van der Waals surface area contributed by atoms with E-state index in [1.807, 2.05) is 0 Å². The molecule has 2 N–H and O–H groups in total. The minimum Gasteiger partial charge on any atom is -0.359 e. The number of amides is 2. The molecule has 9 nitrogen and oxygen atoms in total. The standard InChI is InChI=1S/C18H19ClN4O5S/c19-13-4-6-15(7-5-13)29(26,27)23-9-10-28-16(23)12-22-18(25)17(24)21-11-14-3-1-2-8-20-14/h1-8,16H,9-12H2,(H,21,24)(H,22,25)/t16-/m1/s1. The predicted molar refractivity (Wildman–Crippen MR) is 104 cm³/mol. The monoisotopic (exact) mass is 438 g/mol. The van der Waals surface area contributed by atoms with Crippen LogP contribution in [0, 0.1) is 0 Å². The Morgan fingerprint density at radius 3 is 2.55 bits per heavy atom. The summed E-state index contributed by atoms with van der Waals surface area (Å²) in [6, 6.07) is 11.0. The van der Waals surface area contributed by atoms with E-state index >= 15 is 0 Å². The lowest BCUT2D eigenvalue weighted by Gasteiger charge is -2.22. The lowest BCUT2D eigenvalue weighted by molar-refractivity contribution is -0.139. The number of sulfonamides is 1. The summed E-state index contributed by atoms with van der Waals surface area (Å²) in [7, 11) is -3.83. The zero-order chi connectivity index (χ0) is 20.9. The van der Waals surface area contributed by atoms with Gasteiger partial charge in [0, 0.05) is 17.8 Å². The van der Waals surface area contributed by atoms with Crippen LogP contribution >= 0.6 is 11.6 Å². The second-order valence-electron chi connectivity index (χ2n) is 6.11. The fourth-order valence-corrected chi connectivity index (χ4v) is 4.33. The molecule has 2 amide bonds. The van der Waals surface area contributed by atoms with Gasteiger partial charge in [0.1, 0.15) is 6.23 Å². The van der Waals surface area contributed by atoms with Gasteiger partial charge in [0.25, 0.3) is 0 Å². The Morgan fingerprint density at radius 2 is 1.86 bits per heavy atom. The number of hydrogen-bond acceptors (Lipinski definition) is 6. The molecule has 2 aromatic rings. The SMILES string of the molecule is O=C(NCc1ccccn1)C(=O)NC[C@H]1OCCN1S(=O)(=O)c1ccc(Cl)cc1. The van der Waals surface area contributed by atoms with Crippen molar-refractivity contribution in [2.45, 2.75) is 17.7 Å². The van der Waals surface area contributed by atoms with Crippen molar-refractivity contribution in [1.82, 2.24) is 19.9 Å². The van der Waals surface area contributed by atoms with E-state index in [1.54, 1.807) is 24.4 Å². The highest BCUT2D eigenvalue weighted by Gasteiger charge is 2.36. The largest absolute Gasteiger partial charge is 0.359 e. The number of carbonyl (C=O) groups excluding carboxylic acids is 2. The van der Waals surface area contributed by atoms with Gasteiger partial charge >= 0.3 is 11.8 Å². The second kappa shape index (κ2) is 9.31. The smallest absolute Gasteiger partial charge is 0.309 e. The van der Waals surface area contributed by atoms with Crippen molar-refractivity contribution in [3.8, 4) is 0 Å². The molecule has 0 spiro atoms. The maximum atomic E-state index is 12.8. The van der Waals surface area contributed by atoms with Crippen LogP contribution in [-0.4, -0.2) is 55.4 Å². The van der Waals surface area contributed by atoms with Crippen LogP contribution in [0.2, 0.25) is 5.02 Å². The van der Waals surface area contributed by atoms with E-state index in [9.17, 15) is 18.0 Å². The van der Waals surface area contributed by atoms with Crippen LogP contribution in [0.1, 0.15) is 5.69 Å². The molecular weight excluding hydrogens is 420 g/mol. The molecule has 11 heteroatoms. The number of benzene rings is 1. The fraction of sp³-hybridized carbons (Fsp3) is 0.278. The lowest BCUT2D eigenvalue weighted by atomic mass is 10.3. The first kappa shape index (κ1) is 21.2. The molecule has 0 saturated carbocycles. The quantitative estimate of drug-likeness (QED) is 0.635. The van der Waals surface area contributed by atoms with Gasteiger partial charge in [-0.3, -0.25) is 14.6 Å². The van der Waals surface area contributed by atoms with Crippen LogP contribution < -0.4 is 10.6 Å². The van der Waals surface area contributed by atoms with Crippen molar-refractivity contribution in [1.29, 1.82) is 0 Å². The van der Waals surface area contributed by atoms with Crippen molar-refractivity contribution in [2.24, 2.45) is 0 Å². The van der Waals surface area contributed by atoms with E-state index in [4.69, 9.17) is 16.3 Å². The van der Waals surface area contributed by atoms with Crippen molar-refractivity contribution in [2.75, 3.05) is 19.7 Å². The molecule has 154 valence electrons. The number of hydrogen-bond donors (Lipinski definition) is 2. The first-order chi connectivity index (χ1) is 13.9. The molecule has 29 heavy (non-hydrogen) atoms. The van der Waals surface area contributed by atoms with Crippen LogP contribution in [0.3, 0.4) is 0 Å². The van der Waals surface area contributed by atoms with Crippen LogP contribution in [0.4, 0.5) is 0 Å². The maximum absolute atomic E-state index is 12.8. The van der Waals surface area contributed by atoms with Gasteiger partial charge in [-0.1, -0.05) is 17.7 Å². The minimum absolute atomic E-state index is 0.0665. The van der Waals surface area contributed by atoms with E-state index in [0.717, 1.165) is 4.31 Å². The molecule has 0 aliphatic carbocycles. The van der Waals surface area contributed by atoms with Gasteiger partial charge < -0.3 is 15.4 Å². The normalized spacial score (nSPS) is 17.1. The molecule has 0 unspecified atom stereocenters. The third kappa shape index (κ3) is 5.30. The average Bonchev–Trinajstić information content (AvgIpc) is 3.21. The van der Waals surface area contributed by atoms with Crippen LogP contribution in [0.15, 0.2) is 53.6 Å². The molecule has 1 aliphatic heterocycles. The first-order valence-corrected chi connectivity index (χ1v) is 10.5. The van der Waals surface area contributed by atoms with E-state index < -0.39 is 28.1 Å². The van der Waals surface area contributed by atoms with Gasteiger partial charge in [-0.05, 0) is 36.4 Å². The average molecular weight is 439 g/mol. The Bertz CT molecular complexity index is 970. The summed E-state index contributed by atoms with van der Waals surface area (Å²) in [5.74, 6) is -1.74. The summed E-state index contributed by atoms with van der Waals surface area (Å²) in [5, 5.41) is 5.27. The van der Waals surface area contributed by atoms with Gasteiger partial charge in [0.15, 0.2) is 0 Å². The number of rotatable bonds is 6. The summed E-state index contributed by atoms with van der Waals surface area (Å²) in [4.78, 5) is 28.0. The maximum Gasteiger partial charge on any atom is 0.309 e. The van der Waals surface area contributed by atoms with Crippen molar-refractivity contribution in [3.63, 3.8) is 0 Å². The zero-order valence-corrected chi connectivity index (χ0v) is 16.8. The van der Waals surface area contributed by atoms with Crippen molar-refractivity contribution < 1.29 is 22.7 Å². The summed E-state index contributed by atoms with van der Waals surface area (Å²) in [5.41, 5.74) is 0.605. The first-order valence-electron chi connectivity index (χ1n) is 8.73. The van der Waals surface area contributed by atoms with E-state index in [2.05, 4.69) is 15.6 Å². The number of ether oxygens (including phenoxy) is 1. The highest BCUT2D eigenvalue weighted by molar-refractivity contribution is 7.89. The van der Waals surface area contributed by atoms with Gasteiger partial charge in [0.05, 0.1) is 30.3 Å². The van der Waals surface area contributed by atoms with Gasteiger partial charge in [-0.25, -0.2) is 8.42 Å². The van der Waals surface area contributed by atoms with Crippen LogP contribution in [0.5, 0.6) is 0 Å². The lowest BCUT2D eigenvalue weighted by Crippen LogP contribution is -2.47. The summed E-state index contributed by atoms with van der Waals surface area (Å²) < 4.78 is 32.2. The fourth-order valence-electron chi connectivity index (χ4n) is 2.70. The number of halogens is 1. The molecule has 1 aromatic heterocycles. The Hall–Kier alpha value is -2.53. The van der Waals surface area contributed by atoms with Gasteiger partial charge in [-0.2, -0.15) is 4.31 Å². The van der Waals surface area contributed by atoms with Gasteiger partial charge in [0.2, 0.25) is 10.0 Å². The highest BCUT2D eigenvalue weighted by atomic mass is 35.5. The molecule has 1 atom stereocenters. The molecule has 1 fully saturated rings. The Morgan fingerprint density at radius 1 is 1.14 bits per heavy atom. The van der Waals surface area contributed by atoms with E-state index in [0.29, 0.717) is 10.7 Å². The topological polar surface area (TPSA) is 118 Å². The number of aromatic nitrogens is 1. The Kier molecular flexibility index (Phi) is 6.80. The molecule has 0 bridgehead atoms. The molecule has 1 saturated heterocycles. The number of carbonyl (C=O) groups is 2.